The Bertz CT molecular complexity index is 610. The molecular formula is C15H15N3O. The molecule has 0 atom stereocenters. The second-order valence-electron chi connectivity index (χ2n) is 4.85. The number of benzene rings is 1. The summed E-state index contributed by atoms with van der Waals surface area (Å²) < 4.78 is 0. The van der Waals surface area contributed by atoms with Gasteiger partial charge in [-0.3, -0.25) is 14.7 Å². The van der Waals surface area contributed by atoms with Crippen LogP contribution in [-0.2, 0) is 19.6 Å². The number of nitrogens with two attached hydrogens (primary N) is 1. The van der Waals surface area contributed by atoms with E-state index in [1.807, 2.05) is 24.4 Å². The Balaban J connectivity index is 1.75. The lowest BCUT2D eigenvalue weighted by molar-refractivity contribution is 0.1000. The number of hydrogen-bond acceptors (Lipinski definition) is 3. The van der Waals surface area contributed by atoms with Gasteiger partial charge in [-0.1, -0.05) is 12.1 Å². The summed E-state index contributed by atoms with van der Waals surface area (Å²) in [4.78, 5) is 17.6. The highest BCUT2D eigenvalue weighted by Crippen LogP contribution is 2.25. The minimum absolute atomic E-state index is 0.367. The molecule has 96 valence electrons. The Labute approximate surface area is 111 Å². The molecule has 0 spiro atoms. The average Bonchev–Trinajstić information content (AvgIpc) is 2.80. The molecule has 1 aromatic carbocycles. The van der Waals surface area contributed by atoms with Crippen molar-refractivity contribution in [1.82, 2.24) is 9.88 Å². The zero-order chi connectivity index (χ0) is 13.2. The van der Waals surface area contributed by atoms with Gasteiger partial charge in [-0.25, -0.2) is 0 Å². The Morgan fingerprint density at radius 3 is 2.84 bits per heavy atom. The van der Waals surface area contributed by atoms with Gasteiger partial charge in [0.25, 0.3) is 0 Å². The molecule has 4 nitrogen and oxygen atoms in total. The quantitative estimate of drug-likeness (QED) is 0.905. The van der Waals surface area contributed by atoms with Gasteiger partial charge in [0.15, 0.2) is 0 Å². The number of carbonyl (C=O) groups excluding carboxylic acids is 1. The Morgan fingerprint density at radius 1 is 1.26 bits per heavy atom. The molecule has 2 heterocycles. The molecule has 0 saturated heterocycles. The molecule has 0 fully saturated rings. The van der Waals surface area contributed by atoms with Gasteiger partial charge in [-0.05, 0) is 34.9 Å². The number of fused-ring (bicyclic) bond motifs is 1. The van der Waals surface area contributed by atoms with Crippen molar-refractivity contribution in [3.8, 4) is 0 Å². The third-order valence-corrected chi connectivity index (χ3v) is 3.41. The van der Waals surface area contributed by atoms with Crippen LogP contribution < -0.4 is 5.73 Å². The Kier molecular flexibility index (Phi) is 3.01. The van der Waals surface area contributed by atoms with Crippen LogP contribution in [0.2, 0.25) is 0 Å². The highest BCUT2D eigenvalue weighted by Gasteiger charge is 2.19. The largest absolute Gasteiger partial charge is 0.366 e. The molecule has 1 aromatic heterocycles. The first-order valence-corrected chi connectivity index (χ1v) is 6.25. The molecule has 0 aliphatic carbocycles. The average molecular weight is 253 g/mol. The Morgan fingerprint density at radius 2 is 2.11 bits per heavy atom. The summed E-state index contributed by atoms with van der Waals surface area (Å²) in [5.41, 5.74) is 9.56. The first-order chi connectivity index (χ1) is 9.22. The molecule has 0 radical (unpaired) electrons. The molecule has 0 bridgehead atoms. The van der Waals surface area contributed by atoms with Crippen molar-refractivity contribution in [1.29, 1.82) is 0 Å². The van der Waals surface area contributed by atoms with E-state index in [-0.39, 0.29) is 5.91 Å². The first kappa shape index (κ1) is 11.9. The van der Waals surface area contributed by atoms with Crippen molar-refractivity contribution in [2.24, 2.45) is 5.73 Å². The molecule has 19 heavy (non-hydrogen) atoms. The van der Waals surface area contributed by atoms with Crippen LogP contribution in [0.5, 0.6) is 0 Å². The van der Waals surface area contributed by atoms with E-state index in [4.69, 9.17) is 5.73 Å². The minimum atomic E-state index is -0.367. The molecule has 4 heteroatoms. The predicted octanol–water partition coefficient (Wildman–Crippen LogP) is 1.70. The monoisotopic (exact) mass is 253 g/mol. The molecule has 2 N–H and O–H groups in total. The van der Waals surface area contributed by atoms with Gasteiger partial charge < -0.3 is 5.73 Å². The maximum absolute atomic E-state index is 11.2. The number of hydrogen-bond donors (Lipinski definition) is 1. The predicted molar refractivity (Wildman–Crippen MR) is 72.1 cm³/mol. The zero-order valence-electron chi connectivity index (χ0n) is 10.5. The van der Waals surface area contributed by atoms with Crippen LogP contribution in [-0.4, -0.2) is 15.8 Å². The van der Waals surface area contributed by atoms with Crippen LogP contribution in [0.4, 0.5) is 0 Å². The van der Waals surface area contributed by atoms with E-state index in [1.165, 1.54) is 16.7 Å². The maximum atomic E-state index is 11.2. The van der Waals surface area contributed by atoms with E-state index in [0.29, 0.717) is 5.56 Å². The molecular weight excluding hydrogens is 238 g/mol. The smallest absolute Gasteiger partial charge is 0.248 e. The molecule has 1 amide bonds. The van der Waals surface area contributed by atoms with E-state index in [2.05, 4.69) is 16.0 Å². The van der Waals surface area contributed by atoms with Gasteiger partial charge in [0.1, 0.15) is 0 Å². The lowest BCUT2D eigenvalue weighted by Crippen LogP contribution is -2.15. The van der Waals surface area contributed by atoms with Crippen LogP contribution in [0.3, 0.4) is 0 Å². The van der Waals surface area contributed by atoms with Gasteiger partial charge in [0.05, 0.1) is 0 Å². The summed E-state index contributed by atoms with van der Waals surface area (Å²) in [7, 11) is 0. The number of amides is 1. The second kappa shape index (κ2) is 4.82. The fourth-order valence-electron chi connectivity index (χ4n) is 2.48. The summed E-state index contributed by atoms with van der Waals surface area (Å²) in [6, 6.07) is 9.73. The minimum Gasteiger partial charge on any atom is -0.366 e. The third kappa shape index (κ3) is 2.48. The number of carbonyl (C=O) groups is 1. The Hall–Kier alpha value is -2.20. The van der Waals surface area contributed by atoms with Crippen molar-refractivity contribution in [2.75, 3.05) is 0 Å². The van der Waals surface area contributed by atoms with Gasteiger partial charge in [-0.15, -0.1) is 0 Å². The zero-order valence-corrected chi connectivity index (χ0v) is 10.5. The molecule has 3 rings (SSSR count). The fraction of sp³-hybridized carbons (Fsp3) is 0.200. The molecule has 0 saturated carbocycles. The SMILES string of the molecule is NC(=O)c1ccc2c(c1)CN(Cc1cccnc1)C2. The van der Waals surface area contributed by atoms with Crippen LogP contribution >= 0.6 is 0 Å². The summed E-state index contributed by atoms with van der Waals surface area (Å²) >= 11 is 0. The lowest BCUT2D eigenvalue weighted by Gasteiger charge is -2.14. The molecule has 2 aromatic rings. The molecule has 1 aliphatic rings. The maximum Gasteiger partial charge on any atom is 0.248 e. The van der Waals surface area contributed by atoms with Gasteiger partial charge in [-0.2, -0.15) is 0 Å². The topological polar surface area (TPSA) is 59.2 Å². The van der Waals surface area contributed by atoms with Crippen molar-refractivity contribution in [2.45, 2.75) is 19.6 Å². The highest BCUT2D eigenvalue weighted by atomic mass is 16.1. The summed E-state index contributed by atoms with van der Waals surface area (Å²) in [5.74, 6) is -0.367. The summed E-state index contributed by atoms with van der Waals surface area (Å²) in [6.45, 7) is 2.63. The fourth-order valence-corrected chi connectivity index (χ4v) is 2.48. The number of rotatable bonds is 3. The molecule has 0 unspecified atom stereocenters. The summed E-state index contributed by atoms with van der Waals surface area (Å²) in [5, 5.41) is 0. The van der Waals surface area contributed by atoms with Crippen molar-refractivity contribution in [3.63, 3.8) is 0 Å². The van der Waals surface area contributed by atoms with E-state index in [1.54, 1.807) is 12.3 Å². The van der Waals surface area contributed by atoms with E-state index in [9.17, 15) is 4.79 Å². The number of pyridine rings is 1. The van der Waals surface area contributed by atoms with Gasteiger partial charge in [0.2, 0.25) is 5.91 Å². The van der Waals surface area contributed by atoms with Crippen molar-refractivity contribution >= 4 is 5.91 Å². The summed E-state index contributed by atoms with van der Waals surface area (Å²) in [6.07, 6.45) is 3.67. The van der Waals surface area contributed by atoms with E-state index in [0.717, 1.165) is 19.6 Å². The molecule has 1 aliphatic heterocycles. The van der Waals surface area contributed by atoms with Crippen LogP contribution in [0.15, 0.2) is 42.7 Å². The standard InChI is InChI=1S/C15H15N3O/c16-15(19)12-3-4-13-9-18(10-14(13)6-12)8-11-2-1-5-17-7-11/h1-7H,8-10H2,(H2,16,19). The van der Waals surface area contributed by atoms with Crippen LogP contribution in [0, 0.1) is 0 Å². The van der Waals surface area contributed by atoms with E-state index >= 15 is 0 Å². The van der Waals surface area contributed by atoms with Crippen molar-refractivity contribution in [3.05, 3.63) is 65.0 Å². The third-order valence-electron chi connectivity index (χ3n) is 3.41. The normalized spacial score (nSPS) is 14.3. The van der Waals surface area contributed by atoms with Gasteiger partial charge in [0, 0.05) is 37.6 Å². The first-order valence-electron chi connectivity index (χ1n) is 6.25. The second-order valence-corrected chi connectivity index (χ2v) is 4.85. The highest BCUT2D eigenvalue weighted by molar-refractivity contribution is 5.93. The van der Waals surface area contributed by atoms with Crippen molar-refractivity contribution < 1.29 is 4.79 Å². The van der Waals surface area contributed by atoms with Crippen LogP contribution in [0.25, 0.3) is 0 Å². The number of primary amides is 1. The number of nitrogens with zero attached hydrogens (tertiary/aromatic N) is 2. The lowest BCUT2D eigenvalue weighted by atomic mass is 10.1. The van der Waals surface area contributed by atoms with E-state index < -0.39 is 0 Å². The number of aromatic nitrogens is 1. The van der Waals surface area contributed by atoms with Crippen LogP contribution in [0.1, 0.15) is 27.0 Å². The van der Waals surface area contributed by atoms with Gasteiger partial charge >= 0.3 is 0 Å².